The molecule has 1 N–H and O–H groups in total. The van der Waals surface area contributed by atoms with Gasteiger partial charge in [0.15, 0.2) is 0 Å². The minimum Gasteiger partial charge on any atom is -0.282 e. The third kappa shape index (κ3) is 3.14. The molecule has 1 aromatic rings. The van der Waals surface area contributed by atoms with E-state index >= 15 is 0 Å². The van der Waals surface area contributed by atoms with Gasteiger partial charge in [0, 0.05) is 13.7 Å². The van der Waals surface area contributed by atoms with Gasteiger partial charge in [0.25, 0.3) is 10.1 Å². The lowest BCUT2D eigenvalue weighted by atomic mass is 10.2. The van der Waals surface area contributed by atoms with Gasteiger partial charge in [-0.05, 0) is 24.3 Å². The van der Waals surface area contributed by atoms with E-state index in [1.54, 1.807) is 6.08 Å². The van der Waals surface area contributed by atoms with E-state index in [2.05, 4.69) is 25.5 Å². The van der Waals surface area contributed by atoms with Gasteiger partial charge < -0.3 is 0 Å². The molecule has 1 aromatic carbocycles. The van der Waals surface area contributed by atoms with Crippen LogP contribution in [-0.4, -0.2) is 32.0 Å². The van der Waals surface area contributed by atoms with Crippen molar-refractivity contribution >= 4 is 22.7 Å². The summed E-state index contributed by atoms with van der Waals surface area (Å²) in [5.74, 6) is 0. The standard InChI is InChI=1S/C14H17O3PS/c1-18(2,12-6-4-3-5-7-12)13-8-10-14(11-9-13)19(15,16)17/h3-8,10-11,13H,9H2,1-2H3/p+1. The Kier molecular flexibility index (Phi) is 3.95. The van der Waals surface area contributed by atoms with Crippen molar-refractivity contribution in [1.82, 2.24) is 0 Å². The van der Waals surface area contributed by atoms with Crippen LogP contribution in [0.1, 0.15) is 6.42 Å². The molecule has 1 atom stereocenters. The van der Waals surface area contributed by atoms with Crippen LogP contribution < -0.4 is 5.30 Å². The van der Waals surface area contributed by atoms with Gasteiger partial charge in [0.2, 0.25) is 0 Å². The van der Waals surface area contributed by atoms with Crippen LogP contribution in [0.2, 0.25) is 0 Å². The maximum absolute atomic E-state index is 11.1. The molecule has 0 saturated carbocycles. The Balaban J connectivity index is 2.23. The highest BCUT2D eigenvalue weighted by molar-refractivity contribution is 7.90. The van der Waals surface area contributed by atoms with Crippen molar-refractivity contribution in [3.8, 4) is 0 Å². The average molecular weight is 297 g/mol. The normalized spacial score (nSPS) is 20.2. The van der Waals surface area contributed by atoms with Crippen LogP contribution in [0.4, 0.5) is 0 Å². The quantitative estimate of drug-likeness (QED) is 0.689. The molecule has 0 fully saturated rings. The summed E-state index contributed by atoms with van der Waals surface area (Å²) in [6, 6.07) is 10.3. The molecule has 1 aliphatic carbocycles. The van der Waals surface area contributed by atoms with Crippen LogP contribution in [0.5, 0.6) is 0 Å². The minimum atomic E-state index is -4.07. The second-order valence-electron chi connectivity index (χ2n) is 5.12. The Bertz CT molecular complexity index is 615. The van der Waals surface area contributed by atoms with Crippen LogP contribution in [-0.2, 0) is 10.1 Å². The van der Waals surface area contributed by atoms with Crippen LogP contribution in [0.3, 0.4) is 0 Å². The van der Waals surface area contributed by atoms with E-state index < -0.39 is 17.4 Å². The van der Waals surface area contributed by atoms with Crippen molar-refractivity contribution in [1.29, 1.82) is 0 Å². The molecule has 3 nitrogen and oxygen atoms in total. The first kappa shape index (κ1) is 14.4. The molecule has 0 heterocycles. The van der Waals surface area contributed by atoms with Gasteiger partial charge in [-0.1, -0.05) is 24.3 Å². The predicted octanol–water partition coefficient (Wildman–Crippen LogP) is 2.69. The monoisotopic (exact) mass is 297 g/mol. The fourth-order valence-corrected chi connectivity index (χ4v) is 5.29. The molecule has 0 spiro atoms. The predicted molar refractivity (Wildman–Crippen MR) is 82.0 cm³/mol. The van der Waals surface area contributed by atoms with E-state index in [1.807, 2.05) is 24.3 Å². The van der Waals surface area contributed by atoms with Crippen LogP contribution in [0.25, 0.3) is 0 Å². The second kappa shape index (κ2) is 5.20. The molecular weight excluding hydrogens is 279 g/mol. The maximum atomic E-state index is 11.1. The smallest absolute Gasteiger partial charge is 0.282 e. The average Bonchev–Trinajstić information content (AvgIpc) is 2.39. The number of hydrogen-bond donors (Lipinski definition) is 1. The highest BCUT2D eigenvalue weighted by Crippen LogP contribution is 2.57. The van der Waals surface area contributed by atoms with Crippen molar-refractivity contribution < 1.29 is 13.0 Å². The summed E-state index contributed by atoms with van der Waals surface area (Å²) in [5.41, 5.74) is 0.320. The van der Waals surface area contributed by atoms with Gasteiger partial charge in [0.05, 0.1) is 29.2 Å². The minimum absolute atomic E-state index is 0.0109. The van der Waals surface area contributed by atoms with E-state index in [4.69, 9.17) is 4.55 Å². The van der Waals surface area contributed by atoms with Crippen molar-refractivity contribution in [2.45, 2.75) is 12.1 Å². The van der Waals surface area contributed by atoms with E-state index in [0.717, 1.165) is 0 Å². The van der Waals surface area contributed by atoms with Crippen molar-refractivity contribution in [3.63, 3.8) is 0 Å². The van der Waals surface area contributed by atoms with E-state index in [-0.39, 0.29) is 4.91 Å². The van der Waals surface area contributed by atoms with Crippen LogP contribution >= 0.6 is 7.26 Å². The van der Waals surface area contributed by atoms with E-state index in [0.29, 0.717) is 12.1 Å². The molecule has 2 rings (SSSR count). The zero-order valence-electron chi connectivity index (χ0n) is 11.0. The van der Waals surface area contributed by atoms with Crippen molar-refractivity contribution in [2.24, 2.45) is 0 Å². The zero-order valence-corrected chi connectivity index (χ0v) is 12.7. The highest BCUT2D eigenvalue weighted by Gasteiger charge is 2.37. The van der Waals surface area contributed by atoms with Gasteiger partial charge in [-0.2, -0.15) is 8.42 Å². The first-order valence-electron chi connectivity index (χ1n) is 6.07. The molecule has 0 amide bonds. The zero-order chi connectivity index (χ0) is 14.1. The molecule has 0 aliphatic heterocycles. The number of benzene rings is 1. The molecule has 5 heteroatoms. The molecule has 0 aromatic heterocycles. The fraction of sp³-hybridized carbons (Fsp3) is 0.286. The number of hydrogen-bond acceptors (Lipinski definition) is 2. The number of allylic oxidation sites excluding steroid dienone is 3. The largest absolute Gasteiger partial charge is 0.294 e. The maximum Gasteiger partial charge on any atom is 0.294 e. The molecule has 0 saturated heterocycles. The molecule has 0 radical (unpaired) electrons. The Labute approximate surface area is 115 Å². The number of rotatable bonds is 3. The van der Waals surface area contributed by atoms with Crippen LogP contribution in [0, 0.1) is 0 Å². The van der Waals surface area contributed by atoms with Gasteiger partial charge in [-0.15, -0.1) is 0 Å². The first-order valence-corrected chi connectivity index (χ1v) is 10.3. The van der Waals surface area contributed by atoms with Crippen LogP contribution in [0.15, 0.2) is 53.5 Å². The lowest BCUT2D eigenvalue weighted by molar-refractivity contribution is 0.492. The van der Waals surface area contributed by atoms with Gasteiger partial charge in [-0.25, -0.2) is 0 Å². The first-order chi connectivity index (χ1) is 8.82. The third-order valence-corrected chi connectivity index (χ3v) is 8.16. The van der Waals surface area contributed by atoms with Crippen molar-refractivity contribution in [3.05, 3.63) is 53.5 Å². The van der Waals surface area contributed by atoms with E-state index in [9.17, 15) is 8.42 Å². The summed E-state index contributed by atoms with van der Waals surface area (Å²) in [6.07, 6.45) is 5.71. The molecule has 1 aliphatic rings. The summed E-state index contributed by atoms with van der Waals surface area (Å²) in [4.78, 5) is 0.0109. The summed E-state index contributed by atoms with van der Waals surface area (Å²) >= 11 is 0. The summed E-state index contributed by atoms with van der Waals surface area (Å²) in [5, 5.41) is 1.33. The van der Waals surface area contributed by atoms with Gasteiger partial charge >= 0.3 is 0 Å². The molecule has 0 bridgehead atoms. The highest BCUT2D eigenvalue weighted by atomic mass is 32.2. The van der Waals surface area contributed by atoms with E-state index in [1.165, 1.54) is 11.4 Å². The summed E-state index contributed by atoms with van der Waals surface area (Å²) < 4.78 is 31.1. The fourth-order valence-electron chi connectivity index (χ4n) is 2.26. The summed E-state index contributed by atoms with van der Waals surface area (Å²) in [7, 11) is -5.43. The molecule has 1 unspecified atom stereocenters. The Morgan fingerprint density at radius 3 is 2.32 bits per heavy atom. The van der Waals surface area contributed by atoms with Gasteiger partial charge in [0.1, 0.15) is 0 Å². The Morgan fingerprint density at radius 1 is 1.21 bits per heavy atom. The molecule has 102 valence electrons. The molecule has 19 heavy (non-hydrogen) atoms. The Hall–Kier alpha value is -0.960. The lowest BCUT2D eigenvalue weighted by Crippen LogP contribution is -2.21. The second-order valence-corrected chi connectivity index (χ2v) is 10.8. The Morgan fingerprint density at radius 2 is 1.84 bits per heavy atom. The van der Waals surface area contributed by atoms with Crippen molar-refractivity contribution in [2.75, 3.05) is 13.3 Å². The SMILES string of the molecule is C[P+](C)(c1ccccc1)C1C=CC(S(=O)(=O)O)=CC1. The third-order valence-electron chi connectivity index (χ3n) is 3.59. The topological polar surface area (TPSA) is 54.4 Å². The lowest BCUT2D eigenvalue weighted by Gasteiger charge is -2.26. The molecular formula is C14H18O3PS+. The van der Waals surface area contributed by atoms with Gasteiger partial charge in [-0.3, -0.25) is 4.55 Å². The summed E-state index contributed by atoms with van der Waals surface area (Å²) in [6.45, 7) is 4.51.